The van der Waals surface area contributed by atoms with E-state index in [2.05, 4.69) is 11.4 Å². The summed E-state index contributed by atoms with van der Waals surface area (Å²) in [4.78, 5) is 15.3. The molecule has 1 fully saturated rings. The van der Waals surface area contributed by atoms with Crippen LogP contribution in [0.3, 0.4) is 0 Å². The zero-order valence-corrected chi connectivity index (χ0v) is 17.5. The second-order valence-corrected chi connectivity index (χ2v) is 8.22. The summed E-state index contributed by atoms with van der Waals surface area (Å²) in [6.45, 7) is 4.09. The molecular weight excluding hydrogens is 421 g/mol. The fourth-order valence-corrected chi connectivity index (χ4v) is 4.68. The van der Waals surface area contributed by atoms with Crippen molar-refractivity contribution in [1.82, 2.24) is 5.32 Å². The molecule has 28 heavy (non-hydrogen) atoms. The molecule has 2 N–H and O–H groups in total. The highest BCUT2D eigenvalue weighted by Gasteiger charge is 2.29. The number of nitrogens with one attached hydrogen (secondary N) is 1. The molecule has 0 aliphatic carbocycles. The van der Waals surface area contributed by atoms with E-state index in [1.54, 1.807) is 25.1 Å². The Labute approximate surface area is 177 Å². The summed E-state index contributed by atoms with van der Waals surface area (Å²) < 4.78 is 5.40. The number of halogens is 2. The van der Waals surface area contributed by atoms with Gasteiger partial charge in [-0.15, -0.1) is 11.3 Å². The van der Waals surface area contributed by atoms with Crippen LogP contribution in [-0.4, -0.2) is 50.0 Å². The van der Waals surface area contributed by atoms with E-state index in [9.17, 15) is 15.2 Å². The maximum atomic E-state index is 12.9. The minimum atomic E-state index is -0.680. The normalized spacial score (nSPS) is 15.2. The van der Waals surface area contributed by atoms with Gasteiger partial charge in [0.25, 0.3) is 5.91 Å². The van der Waals surface area contributed by atoms with Crippen LogP contribution >= 0.6 is 34.5 Å². The number of ether oxygens (including phenoxy) is 1. The summed E-state index contributed by atoms with van der Waals surface area (Å²) in [5, 5.41) is 23.7. The number of benzene rings is 1. The lowest BCUT2D eigenvalue weighted by atomic mass is 10.0. The molecule has 1 aliphatic heterocycles. The number of amides is 1. The molecule has 0 saturated carbocycles. The van der Waals surface area contributed by atoms with Gasteiger partial charge in [-0.05, 0) is 19.1 Å². The summed E-state index contributed by atoms with van der Waals surface area (Å²) in [6.07, 6.45) is -0.680. The summed E-state index contributed by atoms with van der Waals surface area (Å²) in [7, 11) is 0. The van der Waals surface area contributed by atoms with Gasteiger partial charge in [-0.2, -0.15) is 5.26 Å². The highest BCUT2D eigenvalue weighted by Crippen LogP contribution is 2.44. The first kappa shape index (κ1) is 20.9. The Morgan fingerprint density at radius 1 is 1.43 bits per heavy atom. The number of anilines is 1. The first-order chi connectivity index (χ1) is 13.4. The number of carbonyl (C=O) groups excluding carboxylic acids is 1. The molecule has 0 spiro atoms. The molecule has 6 nitrogen and oxygen atoms in total. The number of nitriles is 1. The molecule has 1 saturated heterocycles. The van der Waals surface area contributed by atoms with Crippen molar-refractivity contribution in [3.05, 3.63) is 38.7 Å². The van der Waals surface area contributed by atoms with E-state index < -0.39 is 6.10 Å². The quantitative estimate of drug-likeness (QED) is 0.743. The molecule has 1 aromatic heterocycles. The molecule has 2 heterocycles. The molecular formula is C19H19Cl2N3O3S. The number of rotatable bonds is 5. The second kappa shape index (κ2) is 9.12. The van der Waals surface area contributed by atoms with Gasteiger partial charge < -0.3 is 20.1 Å². The Balaban J connectivity index is 2.14. The van der Waals surface area contributed by atoms with Gasteiger partial charge in [-0.1, -0.05) is 29.3 Å². The Hall–Kier alpha value is -1.82. The number of nitrogens with zero attached hydrogens (tertiary/aromatic N) is 2. The predicted octanol–water partition coefficient (Wildman–Crippen LogP) is 3.54. The van der Waals surface area contributed by atoms with Crippen LogP contribution in [0.15, 0.2) is 18.2 Å². The minimum absolute atomic E-state index is 0.110. The zero-order chi connectivity index (χ0) is 20.3. The maximum Gasteiger partial charge on any atom is 0.262 e. The molecule has 148 valence electrons. The van der Waals surface area contributed by atoms with Crippen LogP contribution in [0.25, 0.3) is 11.1 Å². The lowest BCUT2D eigenvalue weighted by Gasteiger charge is -2.27. The van der Waals surface area contributed by atoms with Gasteiger partial charge in [0, 0.05) is 40.8 Å². The average Bonchev–Trinajstić information content (AvgIpc) is 3.06. The number of thiophene rings is 1. The van der Waals surface area contributed by atoms with Crippen LogP contribution in [0.1, 0.15) is 22.2 Å². The number of aliphatic hydroxyl groups is 1. The van der Waals surface area contributed by atoms with Crippen LogP contribution in [0.4, 0.5) is 5.00 Å². The largest absolute Gasteiger partial charge is 0.392 e. The molecule has 0 bridgehead atoms. The Bertz CT molecular complexity index is 918. The lowest BCUT2D eigenvalue weighted by molar-refractivity contribution is 0.0928. The third-order valence-electron chi connectivity index (χ3n) is 4.26. The van der Waals surface area contributed by atoms with Crippen molar-refractivity contribution in [1.29, 1.82) is 5.26 Å². The topological polar surface area (TPSA) is 85.6 Å². The van der Waals surface area contributed by atoms with Crippen molar-refractivity contribution in [2.75, 3.05) is 37.7 Å². The summed E-state index contributed by atoms with van der Waals surface area (Å²) >= 11 is 13.7. The number of carbonyl (C=O) groups is 1. The zero-order valence-electron chi connectivity index (χ0n) is 15.2. The summed E-state index contributed by atoms with van der Waals surface area (Å²) in [5.41, 5.74) is 1.46. The van der Waals surface area contributed by atoms with E-state index in [0.29, 0.717) is 62.9 Å². The molecule has 1 aliphatic rings. The summed E-state index contributed by atoms with van der Waals surface area (Å²) in [5.74, 6) is -0.358. The molecule has 1 atom stereocenters. The van der Waals surface area contributed by atoms with Gasteiger partial charge in [0.1, 0.15) is 15.9 Å². The smallest absolute Gasteiger partial charge is 0.262 e. The van der Waals surface area contributed by atoms with Crippen molar-refractivity contribution in [2.45, 2.75) is 13.0 Å². The van der Waals surface area contributed by atoms with Crippen LogP contribution in [0.2, 0.25) is 10.0 Å². The third-order valence-corrected chi connectivity index (χ3v) is 6.06. The third kappa shape index (κ3) is 4.43. The van der Waals surface area contributed by atoms with E-state index in [-0.39, 0.29) is 12.5 Å². The standard InChI is InChI=1S/C19H19Cl2N3O3S/c1-11(25)10-23-18(26)17-16(13-3-2-12(20)8-15(13)21)14(9-22)19(28-17)24-4-6-27-7-5-24/h2-3,8,11,25H,4-7,10H2,1H3,(H,23,26). The number of morpholine rings is 1. The van der Waals surface area contributed by atoms with E-state index in [1.165, 1.54) is 11.3 Å². The number of hydrogen-bond acceptors (Lipinski definition) is 6. The van der Waals surface area contributed by atoms with Crippen molar-refractivity contribution < 1.29 is 14.6 Å². The van der Waals surface area contributed by atoms with Gasteiger partial charge in [0.15, 0.2) is 0 Å². The van der Waals surface area contributed by atoms with Crippen molar-refractivity contribution in [2.24, 2.45) is 0 Å². The van der Waals surface area contributed by atoms with Crippen molar-refractivity contribution in [3.63, 3.8) is 0 Å². The highest BCUT2D eigenvalue weighted by molar-refractivity contribution is 7.19. The molecule has 9 heteroatoms. The first-order valence-corrected chi connectivity index (χ1v) is 10.3. The Kier molecular flexibility index (Phi) is 6.81. The van der Waals surface area contributed by atoms with Crippen molar-refractivity contribution in [3.8, 4) is 17.2 Å². The first-order valence-electron chi connectivity index (χ1n) is 8.73. The lowest BCUT2D eigenvalue weighted by Crippen LogP contribution is -2.36. The van der Waals surface area contributed by atoms with Crippen LogP contribution < -0.4 is 10.2 Å². The minimum Gasteiger partial charge on any atom is -0.392 e. The summed E-state index contributed by atoms with van der Waals surface area (Å²) in [6, 6.07) is 7.22. The van der Waals surface area contributed by atoms with E-state index in [4.69, 9.17) is 27.9 Å². The molecule has 2 aromatic rings. The molecule has 1 aromatic carbocycles. The van der Waals surface area contributed by atoms with E-state index in [0.717, 1.165) is 0 Å². The predicted molar refractivity (Wildman–Crippen MR) is 112 cm³/mol. The van der Waals surface area contributed by atoms with Crippen LogP contribution in [-0.2, 0) is 4.74 Å². The van der Waals surface area contributed by atoms with E-state index in [1.807, 2.05) is 4.90 Å². The SMILES string of the molecule is CC(O)CNC(=O)c1sc(N2CCOCC2)c(C#N)c1-c1ccc(Cl)cc1Cl. The molecule has 0 radical (unpaired) electrons. The fraction of sp³-hybridized carbons (Fsp3) is 0.368. The van der Waals surface area contributed by atoms with Crippen molar-refractivity contribution >= 4 is 45.4 Å². The van der Waals surface area contributed by atoms with Gasteiger partial charge in [0.05, 0.1) is 24.9 Å². The molecule has 1 amide bonds. The monoisotopic (exact) mass is 439 g/mol. The average molecular weight is 440 g/mol. The Morgan fingerprint density at radius 3 is 2.75 bits per heavy atom. The Morgan fingerprint density at radius 2 is 2.14 bits per heavy atom. The fourth-order valence-electron chi connectivity index (χ4n) is 2.94. The van der Waals surface area contributed by atoms with Gasteiger partial charge in [0.2, 0.25) is 0 Å². The molecule has 1 unspecified atom stereocenters. The van der Waals surface area contributed by atoms with Gasteiger partial charge in [-0.25, -0.2) is 0 Å². The van der Waals surface area contributed by atoms with Gasteiger partial charge in [-0.3, -0.25) is 4.79 Å². The number of aliphatic hydroxyl groups excluding tert-OH is 1. The number of hydrogen-bond donors (Lipinski definition) is 2. The second-order valence-electron chi connectivity index (χ2n) is 6.38. The van der Waals surface area contributed by atoms with Crippen LogP contribution in [0, 0.1) is 11.3 Å². The van der Waals surface area contributed by atoms with Gasteiger partial charge >= 0.3 is 0 Å². The van der Waals surface area contributed by atoms with E-state index >= 15 is 0 Å². The highest BCUT2D eigenvalue weighted by atomic mass is 35.5. The maximum absolute atomic E-state index is 12.9. The van der Waals surface area contributed by atoms with Crippen LogP contribution in [0.5, 0.6) is 0 Å². The molecule has 3 rings (SSSR count).